The number of halogens is 2. The van der Waals surface area contributed by atoms with Crippen LogP contribution >= 0.6 is 0 Å². The van der Waals surface area contributed by atoms with Crippen molar-refractivity contribution in [3.63, 3.8) is 0 Å². The Morgan fingerprint density at radius 3 is 2.62 bits per heavy atom. The molecule has 10 heteroatoms. The van der Waals surface area contributed by atoms with Crippen molar-refractivity contribution in [1.29, 1.82) is 0 Å². The minimum Gasteiger partial charge on any atom is -0.394 e. The number of aromatic nitrogens is 2. The van der Waals surface area contributed by atoms with E-state index >= 15 is 0 Å². The molecule has 0 saturated carbocycles. The number of carbonyl (C=O) groups is 1. The van der Waals surface area contributed by atoms with Gasteiger partial charge in [0.1, 0.15) is 6.04 Å². The molecule has 1 unspecified atom stereocenters. The van der Waals surface area contributed by atoms with Crippen molar-refractivity contribution < 1.29 is 27.9 Å². The van der Waals surface area contributed by atoms with Gasteiger partial charge in [0.25, 0.3) is 12.3 Å². The van der Waals surface area contributed by atoms with E-state index in [9.17, 15) is 18.7 Å². The predicted octanol–water partition coefficient (Wildman–Crippen LogP) is 2.62. The molecule has 170 valence electrons. The zero-order chi connectivity index (χ0) is 22.5. The Hall–Kier alpha value is -3.11. The normalized spacial score (nSPS) is 19.7. The summed E-state index contributed by atoms with van der Waals surface area (Å²) >= 11 is 0. The summed E-state index contributed by atoms with van der Waals surface area (Å²) in [4.78, 5) is 19.1. The zero-order valence-corrected chi connectivity index (χ0v) is 17.3. The average molecular weight is 446 g/mol. The first kappa shape index (κ1) is 22.1. The van der Waals surface area contributed by atoms with Crippen LogP contribution in [0, 0.1) is 5.92 Å². The van der Waals surface area contributed by atoms with Gasteiger partial charge in [-0.3, -0.25) is 4.79 Å². The molecule has 1 saturated heterocycles. The molecule has 0 radical (unpaired) electrons. The van der Waals surface area contributed by atoms with Crippen molar-refractivity contribution in [3.05, 3.63) is 59.6 Å². The molecular formula is C22H24F2N4O4. The highest BCUT2D eigenvalue weighted by Gasteiger charge is 2.26. The molecule has 1 aromatic carbocycles. The van der Waals surface area contributed by atoms with E-state index in [-0.39, 0.29) is 29.1 Å². The number of amides is 1. The first-order valence-corrected chi connectivity index (χ1v) is 10.4. The second kappa shape index (κ2) is 10.0. The van der Waals surface area contributed by atoms with Crippen LogP contribution in [-0.4, -0.2) is 59.0 Å². The monoisotopic (exact) mass is 446 g/mol. The number of aliphatic hydroxyl groups is 1. The first-order valence-electron chi connectivity index (χ1n) is 10.4. The number of aliphatic hydroxyl groups excluding tert-OH is 1. The van der Waals surface area contributed by atoms with Crippen LogP contribution in [0.5, 0.6) is 0 Å². The van der Waals surface area contributed by atoms with Gasteiger partial charge in [-0.05, 0) is 12.5 Å². The third-order valence-electron chi connectivity index (χ3n) is 5.45. The van der Waals surface area contributed by atoms with Crippen molar-refractivity contribution in [2.45, 2.75) is 18.9 Å². The highest BCUT2D eigenvalue weighted by Crippen LogP contribution is 2.25. The molecule has 2 aliphatic rings. The van der Waals surface area contributed by atoms with Crippen LogP contribution in [0.1, 0.15) is 30.3 Å². The Morgan fingerprint density at radius 1 is 1.25 bits per heavy atom. The van der Waals surface area contributed by atoms with Gasteiger partial charge in [-0.15, -0.1) is 0 Å². The van der Waals surface area contributed by atoms with E-state index in [1.807, 2.05) is 18.2 Å². The molecule has 1 aliphatic carbocycles. The number of carbonyl (C=O) groups excluding carboxylic acids is 1. The number of rotatable bonds is 7. The number of nitrogens with zero attached hydrogens (tertiary/aromatic N) is 3. The summed E-state index contributed by atoms with van der Waals surface area (Å²) in [6, 6.07) is 4.63. The lowest BCUT2D eigenvalue weighted by Gasteiger charge is -2.31. The van der Waals surface area contributed by atoms with Gasteiger partial charge in [0.05, 0.1) is 25.7 Å². The molecule has 1 aromatic heterocycles. The highest BCUT2D eigenvalue weighted by atomic mass is 19.3. The highest BCUT2D eigenvalue weighted by molar-refractivity contribution is 5.81. The molecule has 0 bridgehead atoms. The Balaban J connectivity index is 1.37. The Labute approximate surface area is 183 Å². The summed E-state index contributed by atoms with van der Waals surface area (Å²) in [5, 5.41) is 16.3. The van der Waals surface area contributed by atoms with Crippen LogP contribution in [0.4, 0.5) is 8.78 Å². The Morgan fingerprint density at radius 2 is 2.00 bits per heavy atom. The van der Waals surface area contributed by atoms with Gasteiger partial charge in [0.2, 0.25) is 11.7 Å². The molecule has 2 atom stereocenters. The van der Waals surface area contributed by atoms with Gasteiger partial charge in [0.15, 0.2) is 0 Å². The number of hydrogen-bond donors (Lipinski definition) is 2. The standard InChI is InChI=1S/C22H24F2N4O4/c23-19(24)14-1-3-15(4-2-14)20-26-22(32-27-20)18(13-29)25-21(30)16-5-7-17(8-6-16)28-9-11-31-12-10-28/h1-5,7-8,16,18-19,29H,6,9-13H2,(H,25,30)/t16?,18-/m0/s1. The zero-order valence-electron chi connectivity index (χ0n) is 17.3. The van der Waals surface area contributed by atoms with E-state index in [4.69, 9.17) is 9.26 Å². The van der Waals surface area contributed by atoms with E-state index in [2.05, 4.69) is 20.4 Å². The maximum atomic E-state index is 12.7. The quantitative estimate of drug-likeness (QED) is 0.674. The van der Waals surface area contributed by atoms with Crippen LogP contribution in [-0.2, 0) is 9.53 Å². The number of hydrogen-bond acceptors (Lipinski definition) is 7. The molecule has 4 rings (SSSR count). The van der Waals surface area contributed by atoms with Crippen LogP contribution < -0.4 is 5.32 Å². The SMILES string of the molecule is O=C(N[C@@H](CO)c1nc(-c2ccc(C(F)F)cc2)no1)C1C=CC(N2CCOCC2)=CC1. The minimum absolute atomic E-state index is 0.0399. The van der Waals surface area contributed by atoms with Crippen molar-refractivity contribution in [1.82, 2.24) is 20.4 Å². The number of benzene rings is 1. The summed E-state index contributed by atoms with van der Waals surface area (Å²) in [6.07, 6.45) is 3.78. The van der Waals surface area contributed by atoms with E-state index in [0.29, 0.717) is 25.2 Å². The van der Waals surface area contributed by atoms with Gasteiger partial charge in [0, 0.05) is 29.9 Å². The molecule has 1 amide bonds. The number of alkyl halides is 2. The summed E-state index contributed by atoms with van der Waals surface area (Å²) in [7, 11) is 0. The first-order chi connectivity index (χ1) is 15.5. The fourth-order valence-electron chi connectivity index (χ4n) is 3.60. The van der Waals surface area contributed by atoms with Gasteiger partial charge in [-0.25, -0.2) is 8.78 Å². The summed E-state index contributed by atoms with van der Waals surface area (Å²) in [6.45, 7) is 2.60. The third kappa shape index (κ3) is 5.03. The topological polar surface area (TPSA) is 101 Å². The molecule has 8 nitrogen and oxygen atoms in total. The molecule has 1 aliphatic heterocycles. The smallest absolute Gasteiger partial charge is 0.263 e. The number of ether oxygens (including phenoxy) is 1. The lowest BCUT2D eigenvalue weighted by molar-refractivity contribution is -0.124. The van der Waals surface area contributed by atoms with Crippen molar-refractivity contribution in [2.75, 3.05) is 32.9 Å². The number of nitrogens with one attached hydrogen (secondary N) is 1. The van der Waals surface area contributed by atoms with E-state index < -0.39 is 19.1 Å². The van der Waals surface area contributed by atoms with Gasteiger partial charge in [-0.1, -0.05) is 41.6 Å². The third-order valence-corrected chi connectivity index (χ3v) is 5.45. The Bertz CT molecular complexity index is 984. The predicted molar refractivity (Wildman–Crippen MR) is 110 cm³/mol. The van der Waals surface area contributed by atoms with Crippen LogP contribution in [0.3, 0.4) is 0 Å². The van der Waals surface area contributed by atoms with Crippen LogP contribution in [0.15, 0.2) is 52.7 Å². The maximum absolute atomic E-state index is 12.7. The molecule has 2 heterocycles. The fraction of sp³-hybridized carbons (Fsp3) is 0.409. The second-order valence-electron chi connectivity index (χ2n) is 7.55. The molecule has 2 N–H and O–H groups in total. The summed E-state index contributed by atoms with van der Waals surface area (Å²) < 4.78 is 36.0. The summed E-state index contributed by atoms with van der Waals surface area (Å²) in [5.74, 6) is -0.418. The molecule has 1 fully saturated rings. The molecular weight excluding hydrogens is 422 g/mol. The Kier molecular flexibility index (Phi) is 6.91. The van der Waals surface area contributed by atoms with Gasteiger partial charge in [-0.2, -0.15) is 4.98 Å². The summed E-state index contributed by atoms with van der Waals surface area (Å²) in [5.41, 5.74) is 1.46. The van der Waals surface area contributed by atoms with Crippen molar-refractivity contribution in [2.24, 2.45) is 5.92 Å². The van der Waals surface area contributed by atoms with E-state index in [0.717, 1.165) is 18.8 Å². The lowest BCUT2D eigenvalue weighted by Crippen LogP contribution is -2.37. The minimum atomic E-state index is -2.56. The van der Waals surface area contributed by atoms with Gasteiger partial charge >= 0.3 is 0 Å². The van der Waals surface area contributed by atoms with Crippen LogP contribution in [0.2, 0.25) is 0 Å². The van der Waals surface area contributed by atoms with E-state index in [1.165, 1.54) is 24.3 Å². The number of morpholine rings is 1. The largest absolute Gasteiger partial charge is 0.394 e. The van der Waals surface area contributed by atoms with Crippen molar-refractivity contribution >= 4 is 5.91 Å². The molecule has 0 spiro atoms. The fourth-order valence-corrected chi connectivity index (χ4v) is 3.60. The maximum Gasteiger partial charge on any atom is 0.263 e. The lowest BCUT2D eigenvalue weighted by atomic mass is 9.97. The van der Waals surface area contributed by atoms with Gasteiger partial charge < -0.3 is 24.6 Å². The molecule has 2 aromatic rings. The van der Waals surface area contributed by atoms with Crippen LogP contribution in [0.25, 0.3) is 11.4 Å². The molecule has 32 heavy (non-hydrogen) atoms. The van der Waals surface area contributed by atoms with E-state index in [1.54, 1.807) is 0 Å². The average Bonchev–Trinajstić information content (AvgIpc) is 3.33. The second-order valence-corrected chi connectivity index (χ2v) is 7.55. The van der Waals surface area contributed by atoms with Crippen molar-refractivity contribution in [3.8, 4) is 11.4 Å². The number of allylic oxidation sites excluding steroid dienone is 2.